The Labute approximate surface area is 111 Å². The first-order valence-corrected chi connectivity index (χ1v) is 8.12. The Hall–Kier alpha value is -0.980. The average molecular weight is 284 g/mol. The molecule has 98 valence electrons. The molecular formula is C12H16N2O2S2. The van der Waals surface area contributed by atoms with Crippen molar-refractivity contribution in [1.82, 2.24) is 9.29 Å². The van der Waals surface area contributed by atoms with Gasteiger partial charge in [-0.15, -0.1) is 11.3 Å². The topological polar surface area (TPSA) is 50.3 Å². The number of hydrogen-bond acceptors (Lipinski definition) is 4. The normalized spacial score (nSPS) is 12.4. The molecule has 6 heteroatoms. The van der Waals surface area contributed by atoms with Crippen LogP contribution in [0.3, 0.4) is 0 Å². The minimum atomic E-state index is -3.37. The van der Waals surface area contributed by atoms with Crippen LogP contribution in [0.5, 0.6) is 0 Å². The van der Waals surface area contributed by atoms with Crippen molar-refractivity contribution in [3.8, 4) is 0 Å². The minimum Gasteiger partial charge on any atom is -0.242 e. The number of thiazole rings is 1. The standard InChI is InChI=1S/C12H16N2O2S2/c1-4-14(5-2)18(15,16)10-6-7-11-12(8-10)17-9(3)13-11/h6-8H,4-5H2,1-3H3. The Balaban J connectivity index is 2.53. The monoisotopic (exact) mass is 284 g/mol. The summed E-state index contributed by atoms with van der Waals surface area (Å²) in [5.41, 5.74) is 0.857. The molecule has 2 aromatic rings. The molecule has 0 fully saturated rings. The maximum Gasteiger partial charge on any atom is 0.243 e. The van der Waals surface area contributed by atoms with Crippen molar-refractivity contribution in [2.45, 2.75) is 25.7 Å². The van der Waals surface area contributed by atoms with E-state index in [0.29, 0.717) is 18.0 Å². The quantitative estimate of drug-likeness (QED) is 0.867. The second-order valence-corrected chi connectivity index (χ2v) is 7.12. The summed E-state index contributed by atoms with van der Waals surface area (Å²) in [6, 6.07) is 5.12. The van der Waals surface area contributed by atoms with Gasteiger partial charge in [-0.3, -0.25) is 0 Å². The molecule has 2 rings (SSSR count). The van der Waals surface area contributed by atoms with E-state index in [9.17, 15) is 8.42 Å². The number of fused-ring (bicyclic) bond motifs is 1. The maximum absolute atomic E-state index is 12.4. The molecule has 1 heterocycles. The van der Waals surface area contributed by atoms with Crippen molar-refractivity contribution < 1.29 is 8.42 Å². The zero-order chi connectivity index (χ0) is 13.3. The van der Waals surface area contributed by atoms with Crippen LogP contribution < -0.4 is 0 Å². The molecule has 1 aromatic heterocycles. The first-order valence-electron chi connectivity index (χ1n) is 5.86. The minimum absolute atomic E-state index is 0.349. The molecule has 18 heavy (non-hydrogen) atoms. The first-order chi connectivity index (χ1) is 8.48. The molecule has 0 aliphatic heterocycles. The summed E-state index contributed by atoms with van der Waals surface area (Å²) in [5, 5.41) is 0.947. The molecule has 0 radical (unpaired) electrons. The molecular weight excluding hydrogens is 268 g/mol. The zero-order valence-corrected chi connectivity index (χ0v) is 12.3. The van der Waals surface area contributed by atoms with E-state index in [1.54, 1.807) is 18.2 Å². The fourth-order valence-corrected chi connectivity index (χ4v) is 4.32. The van der Waals surface area contributed by atoms with Crippen LogP contribution in [0.4, 0.5) is 0 Å². The SMILES string of the molecule is CCN(CC)S(=O)(=O)c1ccc2nc(C)sc2c1. The maximum atomic E-state index is 12.4. The van der Waals surface area contributed by atoms with Gasteiger partial charge in [-0.25, -0.2) is 13.4 Å². The predicted octanol–water partition coefficient (Wildman–Crippen LogP) is 2.64. The van der Waals surface area contributed by atoms with Gasteiger partial charge in [0.25, 0.3) is 0 Å². The third-order valence-corrected chi connectivity index (χ3v) is 5.79. The van der Waals surface area contributed by atoms with E-state index < -0.39 is 10.0 Å². The summed E-state index contributed by atoms with van der Waals surface area (Å²) in [7, 11) is -3.37. The Morgan fingerprint density at radius 1 is 1.28 bits per heavy atom. The third kappa shape index (κ3) is 2.28. The van der Waals surface area contributed by atoms with E-state index in [2.05, 4.69) is 4.98 Å². The lowest BCUT2D eigenvalue weighted by molar-refractivity contribution is 0.445. The van der Waals surface area contributed by atoms with E-state index >= 15 is 0 Å². The number of aromatic nitrogens is 1. The van der Waals surface area contributed by atoms with Crippen molar-refractivity contribution in [2.24, 2.45) is 0 Å². The van der Waals surface area contributed by atoms with Gasteiger partial charge >= 0.3 is 0 Å². The van der Waals surface area contributed by atoms with Crippen molar-refractivity contribution in [2.75, 3.05) is 13.1 Å². The van der Waals surface area contributed by atoms with Gasteiger partial charge in [0.2, 0.25) is 10.0 Å². The summed E-state index contributed by atoms with van der Waals surface area (Å²) in [5.74, 6) is 0. The lowest BCUT2D eigenvalue weighted by atomic mass is 10.3. The molecule has 0 unspecified atom stereocenters. The number of benzene rings is 1. The Morgan fingerprint density at radius 3 is 2.56 bits per heavy atom. The average Bonchev–Trinajstić information content (AvgIpc) is 2.69. The lowest BCUT2D eigenvalue weighted by Gasteiger charge is -2.18. The van der Waals surface area contributed by atoms with Crippen LogP contribution in [0, 0.1) is 6.92 Å². The van der Waals surface area contributed by atoms with E-state index in [-0.39, 0.29) is 0 Å². The van der Waals surface area contributed by atoms with Crippen LogP contribution in [0.25, 0.3) is 10.2 Å². The van der Waals surface area contributed by atoms with Gasteiger partial charge in [0.15, 0.2) is 0 Å². The highest BCUT2D eigenvalue weighted by molar-refractivity contribution is 7.89. The van der Waals surface area contributed by atoms with Crippen molar-refractivity contribution in [3.63, 3.8) is 0 Å². The molecule has 0 aliphatic rings. The van der Waals surface area contributed by atoms with Crippen molar-refractivity contribution >= 4 is 31.6 Å². The third-order valence-electron chi connectivity index (χ3n) is 2.81. The largest absolute Gasteiger partial charge is 0.243 e. The van der Waals surface area contributed by atoms with Crippen LogP contribution in [0.15, 0.2) is 23.1 Å². The summed E-state index contributed by atoms with van der Waals surface area (Å²) in [6.45, 7) is 6.58. The zero-order valence-electron chi connectivity index (χ0n) is 10.7. The molecule has 0 saturated heterocycles. The molecule has 0 saturated carbocycles. The Bertz CT molecular complexity index is 658. The summed E-state index contributed by atoms with van der Waals surface area (Å²) < 4.78 is 27.1. The Morgan fingerprint density at radius 2 is 1.94 bits per heavy atom. The molecule has 0 amide bonds. The smallest absolute Gasteiger partial charge is 0.242 e. The van der Waals surface area contributed by atoms with E-state index in [1.165, 1.54) is 15.6 Å². The van der Waals surface area contributed by atoms with Gasteiger partial charge in [0, 0.05) is 13.1 Å². The second kappa shape index (κ2) is 4.95. The first kappa shape index (κ1) is 13.5. The number of aryl methyl sites for hydroxylation is 1. The number of hydrogen-bond donors (Lipinski definition) is 0. The Kier molecular flexibility index (Phi) is 3.70. The number of rotatable bonds is 4. The van der Waals surface area contributed by atoms with Gasteiger partial charge in [-0.05, 0) is 25.1 Å². The van der Waals surface area contributed by atoms with E-state index in [1.807, 2.05) is 20.8 Å². The molecule has 0 N–H and O–H groups in total. The molecule has 0 atom stereocenters. The predicted molar refractivity (Wildman–Crippen MR) is 74.5 cm³/mol. The van der Waals surface area contributed by atoms with Crippen LogP contribution in [-0.4, -0.2) is 30.8 Å². The lowest BCUT2D eigenvalue weighted by Crippen LogP contribution is -2.30. The van der Waals surface area contributed by atoms with Crippen LogP contribution >= 0.6 is 11.3 Å². The van der Waals surface area contributed by atoms with Gasteiger partial charge in [-0.2, -0.15) is 4.31 Å². The highest BCUT2D eigenvalue weighted by Crippen LogP contribution is 2.26. The highest BCUT2D eigenvalue weighted by atomic mass is 32.2. The summed E-state index contributed by atoms with van der Waals surface area (Å²) in [4.78, 5) is 4.68. The van der Waals surface area contributed by atoms with Gasteiger partial charge in [0.05, 0.1) is 20.1 Å². The van der Waals surface area contributed by atoms with Crippen molar-refractivity contribution in [1.29, 1.82) is 0 Å². The molecule has 4 nitrogen and oxygen atoms in total. The fourth-order valence-electron chi connectivity index (χ4n) is 1.89. The second-order valence-electron chi connectivity index (χ2n) is 3.95. The molecule has 0 aliphatic carbocycles. The van der Waals surface area contributed by atoms with Gasteiger partial charge in [-0.1, -0.05) is 13.8 Å². The fraction of sp³-hybridized carbons (Fsp3) is 0.417. The highest BCUT2D eigenvalue weighted by Gasteiger charge is 2.22. The summed E-state index contributed by atoms with van der Waals surface area (Å²) in [6.07, 6.45) is 0. The summed E-state index contributed by atoms with van der Waals surface area (Å²) >= 11 is 1.52. The van der Waals surface area contributed by atoms with E-state index in [4.69, 9.17) is 0 Å². The van der Waals surface area contributed by atoms with Gasteiger partial charge < -0.3 is 0 Å². The van der Waals surface area contributed by atoms with Crippen LogP contribution in [0.2, 0.25) is 0 Å². The molecule has 0 spiro atoms. The number of sulfonamides is 1. The number of nitrogens with zero attached hydrogens (tertiary/aromatic N) is 2. The van der Waals surface area contributed by atoms with Crippen LogP contribution in [-0.2, 0) is 10.0 Å². The van der Waals surface area contributed by atoms with Gasteiger partial charge in [0.1, 0.15) is 0 Å². The molecule has 0 bridgehead atoms. The van der Waals surface area contributed by atoms with Crippen molar-refractivity contribution in [3.05, 3.63) is 23.2 Å². The molecule has 1 aromatic carbocycles. The van der Waals surface area contributed by atoms with Crippen LogP contribution in [0.1, 0.15) is 18.9 Å². The van der Waals surface area contributed by atoms with E-state index in [0.717, 1.165) is 15.2 Å².